The molecule has 2 aromatic carbocycles. The second-order valence-electron chi connectivity index (χ2n) is 4.48. The molecule has 5 heteroatoms. The third-order valence-corrected chi connectivity index (χ3v) is 4.61. The zero-order chi connectivity index (χ0) is 14.1. The molecule has 0 aliphatic carbocycles. The van der Waals surface area contributed by atoms with Gasteiger partial charge in [-0.15, -0.1) is 0 Å². The van der Waals surface area contributed by atoms with Crippen molar-refractivity contribution < 1.29 is 13.4 Å². The van der Waals surface area contributed by atoms with Gasteiger partial charge in [-0.05, 0) is 30.3 Å². The standard InChI is InChI=1S/C15H12FNO2S/c16-12-5-3-4-11(10-12)15(18)17-8-9-20(19)14-7-2-1-6-13(14)17/h1-7,10H,8-9H2. The lowest BCUT2D eigenvalue weighted by atomic mass is 10.1. The molecule has 1 heterocycles. The summed E-state index contributed by atoms with van der Waals surface area (Å²) in [6.07, 6.45) is 0. The maximum atomic E-state index is 13.2. The number of benzene rings is 2. The summed E-state index contributed by atoms with van der Waals surface area (Å²) in [6, 6.07) is 12.7. The molecule has 1 aliphatic heterocycles. The minimum absolute atomic E-state index is 0.270. The highest BCUT2D eigenvalue weighted by molar-refractivity contribution is 7.85. The molecule has 0 bridgehead atoms. The summed E-state index contributed by atoms with van der Waals surface area (Å²) in [5.41, 5.74) is 0.943. The van der Waals surface area contributed by atoms with Crippen molar-refractivity contribution in [3.8, 4) is 0 Å². The van der Waals surface area contributed by atoms with E-state index in [1.807, 2.05) is 0 Å². The molecule has 3 rings (SSSR count). The molecule has 1 amide bonds. The Hall–Kier alpha value is -2.01. The highest BCUT2D eigenvalue weighted by Crippen LogP contribution is 2.29. The third-order valence-electron chi connectivity index (χ3n) is 3.22. The van der Waals surface area contributed by atoms with Crippen LogP contribution in [-0.4, -0.2) is 22.4 Å². The van der Waals surface area contributed by atoms with Crippen molar-refractivity contribution in [1.82, 2.24) is 0 Å². The number of hydrogen-bond donors (Lipinski definition) is 0. The first-order valence-electron chi connectivity index (χ1n) is 6.21. The lowest BCUT2D eigenvalue weighted by molar-refractivity contribution is 0.0987. The summed E-state index contributed by atoms with van der Waals surface area (Å²) in [6.45, 7) is 0.374. The second kappa shape index (κ2) is 5.17. The third kappa shape index (κ3) is 2.25. The fourth-order valence-corrected chi connectivity index (χ4v) is 3.48. The van der Waals surface area contributed by atoms with Crippen LogP contribution in [0.5, 0.6) is 0 Å². The van der Waals surface area contributed by atoms with Crippen LogP contribution in [-0.2, 0) is 10.8 Å². The van der Waals surface area contributed by atoms with Crippen molar-refractivity contribution in [3.63, 3.8) is 0 Å². The molecule has 1 aliphatic rings. The van der Waals surface area contributed by atoms with E-state index in [4.69, 9.17) is 0 Å². The monoisotopic (exact) mass is 289 g/mol. The number of halogens is 1. The number of para-hydroxylation sites is 1. The molecular weight excluding hydrogens is 277 g/mol. The Kier molecular flexibility index (Phi) is 3.36. The van der Waals surface area contributed by atoms with E-state index in [0.717, 1.165) is 0 Å². The molecule has 3 nitrogen and oxygen atoms in total. The lowest BCUT2D eigenvalue weighted by Crippen LogP contribution is -2.38. The highest BCUT2D eigenvalue weighted by Gasteiger charge is 2.27. The average molecular weight is 289 g/mol. The molecule has 0 N–H and O–H groups in total. The summed E-state index contributed by atoms with van der Waals surface area (Å²) < 4.78 is 25.2. The van der Waals surface area contributed by atoms with Crippen molar-refractivity contribution in [2.24, 2.45) is 0 Å². The van der Waals surface area contributed by atoms with Gasteiger partial charge in [0.25, 0.3) is 5.91 Å². The number of nitrogens with zero attached hydrogens (tertiary/aromatic N) is 1. The Labute approximate surface area is 118 Å². The molecule has 0 spiro atoms. The van der Waals surface area contributed by atoms with Gasteiger partial charge in [-0.2, -0.15) is 0 Å². The van der Waals surface area contributed by atoms with Crippen molar-refractivity contribution in [2.45, 2.75) is 4.90 Å². The van der Waals surface area contributed by atoms with Crippen molar-refractivity contribution >= 4 is 22.4 Å². The topological polar surface area (TPSA) is 37.4 Å². The van der Waals surface area contributed by atoms with E-state index in [1.165, 1.54) is 18.2 Å². The fourth-order valence-electron chi connectivity index (χ4n) is 2.27. The number of amides is 1. The SMILES string of the molecule is O=C(c1cccc(F)c1)N1CCS(=O)c2ccccc21. The van der Waals surface area contributed by atoms with Crippen LogP contribution in [0.15, 0.2) is 53.4 Å². The molecule has 2 aromatic rings. The highest BCUT2D eigenvalue weighted by atomic mass is 32.2. The molecule has 0 saturated carbocycles. The summed E-state index contributed by atoms with van der Waals surface area (Å²) in [4.78, 5) is 14.7. The summed E-state index contributed by atoms with van der Waals surface area (Å²) >= 11 is 0. The number of fused-ring (bicyclic) bond motifs is 1. The molecule has 0 aromatic heterocycles. The Balaban J connectivity index is 2.01. The van der Waals surface area contributed by atoms with E-state index in [2.05, 4.69) is 0 Å². The number of anilines is 1. The van der Waals surface area contributed by atoms with Gasteiger partial charge in [-0.3, -0.25) is 9.00 Å². The van der Waals surface area contributed by atoms with Gasteiger partial charge in [-0.1, -0.05) is 18.2 Å². The zero-order valence-electron chi connectivity index (χ0n) is 10.6. The summed E-state index contributed by atoms with van der Waals surface area (Å²) in [7, 11) is -1.08. The van der Waals surface area contributed by atoms with Crippen LogP contribution in [0, 0.1) is 5.82 Å². The summed E-state index contributed by atoms with van der Waals surface area (Å²) in [5, 5.41) is 0. The van der Waals surface area contributed by atoms with Gasteiger partial charge in [0, 0.05) is 17.9 Å². The lowest BCUT2D eigenvalue weighted by Gasteiger charge is -2.28. The first-order valence-corrected chi connectivity index (χ1v) is 7.53. The van der Waals surface area contributed by atoms with Crippen LogP contribution in [0.25, 0.3) is 0 Å². The Morgan fingerprint density at radius 2 is 1.95 bits per heavy atom. The smallest absolute Gasteiger partial charge is 0.258 e. The van der Waals surface area contributed by atoms with E-state index in [-0.39, 0.29) is 5.91 Å². The molecule has 0 saturated heterocycles. The van der Waals surface area contributed by atoms with Gasteiger partial charge in [0.05, 0.1) is 21.4 Å². The van der Waals surface area contributed by atoms with Crippen LogP contribution in [0.3, 0.4) is 0 Å². The van der Waals surface area contributed by atoms with E-state index >= 15 is 0 Å². The molecule has 0 fully saturated rings. The minimum Gasteiger partial charge on any atom is -0.306 e. The quantitative estimate of drug-likeness (QED) is 0.809. The number of hydrogen-bond acceptors (Lipinski definition) is 2. The van der Waals surface area contributed by atoms with E-state index in [0.29, 0.717) is 28.4 Å². The maximum Gasteiger partial charge on any atom is 0.258 e. The van der Waals surface area contributed by atoms with Gasteiger partial charge >= 0.3 is 0 Å². The maximum absolute atomic E-state index is 13.2. The van der Waals surface area contributed by atoms with Crippen LogP contribution in [0.4, 0.5) is 10.1 Å². The number of carbonyl (C=O) groups excluding carboxylic acids is 1. The van der Waals surface area contributed by atoms with Crippen LogP contribution >= 0.6 is 0 Å². The van der Waals surface area contributed by atoms with Gasteiger partial charge in [0.15, 0.2) is 0 Å². The molecule has 1 unspecified atom stereocenters. The van der Waals surface area contributed by atoms with Gasteiger partial charge in [0.1, 0.15) is 5.82 Å². The molecular formula is C15H12FNO2S. The molecule has 20 heavy (non-hydrogen) atoms. The van der Waals surface area contributed by atoms with E-state index in [9.17, 15) is 13.4 Å². The number of carbonyl (C=O) groups is 1. The minimum atomic E-state index is -1.08. The first-order chi connectivity index (χ1) is 9.66. The molecule has 102 valence electrons. The van der Waals surface area contributed by atoms with Gasteiger partial charge in [0.2, 0.25) is 0 Å². The largest absolute Gasteiger partial charge is 0.306 e. The van der Waals surface area contributed by atoms with Gasteiger partial charge in [-0.25, -0.2) is 4.39 Å². The van der Waals surface area contributed by atoms with E-state index < -0.39 is 16.6 Å². The van der Waals surface area contributed by atoms with Crippen LogP contribution in [0.1, 0.15) is 10.4 Å². The zero-order valence-corrected chi connectivity index (χ0v) is 11.4. The summed E-state index contributed by atoms with van der Waals surface area (Å²) in [5.74, 6) is -0.309. The number of rotatable bonds is 1. The predicted molar refractivity (Wildman–Crippen MR) is 75.8 cm³/mol. The molecule has 1 atom stereocenters. The Morgan fingerprint density at radius 1 is 1.15 bits per heavy atom. The van der Waals surface area contributed by atoms with Crippen molar-refractivity contribution in [1.29, 1.82) is 0 Å². The van der Waals surface area contributed by atoms with Crippen molar-refractivity contribution in [3.05, 3.63) is 59.9 Å². The normalized spacial score (nSPS) is 17.6. The fraction of sp³-hybridized carbons (Fsp3) is 0.133. The average Bonchev–Trinajstić information content (AvgIpc) is 2.47. The first kappa shape index (κ1) is 13.0. The van der Waals surface area contributed by atoms with Crippen LogP contribution in [0.2, 0.25) is 0 Å². The van der Waals surface area contributed by atoms with Crippen molar-refractivity contribution in [2.75, 3.05) is 17.2 Å². The van der Waals surface area contributed by atoms with E-state index in [1.54, 1.807) is 35.2 Å². The van der Waals surface area contributed by atoms with Crippen LogP contribution < -0.4 is 4.90 Å². The second-order valence-corrected chi connectivity index (χ2v) is 6.02. The molecule has 0 radical (unpaired) electrons. The van der Waals surface area contributed by atoms with Gasteiger partial charge < -0.3 is 4.90 Å². The Morgan fingerprint density at radius 3 is 2.75 bits per heavy atom. The Bertz CT molecular complexity index is 702. The predicted octanol–water partition coefficient (Wildman–Crippen LogP) is 2.59.